The molecule has 1 aromatic rings. The summed E-state index contributed by atoms with van der Waals surface area (Å²) in [5.74, 6) is 0. The minimum absolute atomic E-state index is 0.562. The molecule has 3 rings (SSSR count). The smallest absolute Gasteiger partial charge is 0.0750 e. The molecule has 0 radical (unpaired) electrons. The molecule has 2 unspecified atom stereocenters. The van der Waals surface area contributed by atoms with Crippen LogP contribution in [0.2, 0.25) is 10.0 Å². The summed E-state index contributed by atoms with van der Waals surface area (Å²) in [7, 11) is 2.05. The fourth-order valence-electron chi connectivity index (χ4n) is 3.56. The van der Waals surface area contributed by atoms with Crippen LogP contribution in [0.15, 0.2) is 16.6 Å². The van der Waals surface area contributed by atoms with Crippen LogP contribution in [-0.2, 0) is 0 Å². The third-order valence-corrected chi connectivity index (χ3v) is 5.42. The highest BCUT2D eigenvalue weighted by Crippen LogP contribution is 2.46. The summed E-state index contributed by atoms with van der Waals surface area (Å²) in [6, 6.07) is 5.63. The van der Waals surface area contributed by atoms with E-state index in [9.17, 15) is 0 Å². The molecule has 2 aliphatic rings. The molecule has 2 bridgehead atoms. The lowest BCUT2D eigenvalue weighted by Gasteiger charge is -2.41. The molecular weight excluding hydrogens is 347 g/mol. The number of rotatable bonds is 2. The van der Waals surface area contributed by atoms with E-state index in [1.54, 1.807) is 0 Å². The Hall–Kier alpha value is 0.0400. The molecule has 0 saturated carbocycles. The number of benzene rings is 1. The van der Waals surface area contributed by atoms with Gasteiger partial charge in [-0.05, 0) is 44.9 Å². The van der Waals surface area contributed by atoms with Crippen LogP contribution in [0.1, 0.15) is 25.7 Å². The van der Waals surface area contributed by atoms with Crippen molar-refractivity contribution in [3.05, 3.63) is 26.7 Å². The summed E-state index contributed by atoms with van der Waals surface area (Å²) < 4.78 is 0.934. The van der Waals surface area contributed by atoms with Crippen LogP contribution in [0.25, 0.3) is 0 Å². The maximum absolute atomic E-state index is 6.43. The molecular formula is C14H17BrCl2N2. The van der Waals surface area contributed by atoms with Crippen molar-refractivity contribution in [3.8, 4) is 0 Å². The standard InChI is InChI=1S/C14H17BrCl2N2/c1-18-9-6-10-2-3-11(7-9)19(10)14-12(16)4-8(15)5-13(14)17/h4-5,9-11,18H,2-3,6-7H2,1H3. The Morgan fingerprint density at radius 1 is 1.16 bits per heavy atom. The summed E-state index contributed by atoms with van der Waals surface area (Å²) in [5.41, 5.74) is 1.02. The molecule has 2 fully saturated rings. The van der Waals surface area contributed by atoms with Gasteiger partial charge in [0.1, 0.15) is 0 Å². The van der Waals surface area contributed by atoms with Crippen LogP contribution >= 0.6 is 39.1 Å². The second-order valence-electron chi connectivity index (χ2n) is 5.47. The van der Waals surface area contributed by atoms with Crippen LogP contribution in [-0.4, -0.2) is 25.2 Å². The first-order chi connectivity index (χ1) is 9.10. The first-order valence-electron chi connectivity index (χ1n) is 6.70. The molecule has 104 valence electrons. The lowest BCUT2D eigenvalue weighted by Crippen LogP contribution is -2.48. The van der Waals surface area contributed by atoms with Crippen molar-refractivity contribution in [2.75, 3.05) is 11.9 Å². The maximum Gasteiger partial charge on any atom is 0.0750 e. The Morgan fingerprint density at radius 3 is 2.16 bits per heavy atom. The number of nitrogens with one attached hydrogen (secondary N) is 1. The third kappa shape index (κ3) is 2.51. The fraction of sp³-hybridized carbons (Fsp3) is 0.571. The lowest BCUT2D eigenvalue weighted by atomic mass is 9.96. The van der Waals surface area contributed by atoms with E-state index < -0.39 is 0 Å². The number of piperidine rings is 1. The van der Waals surface area contributed by atoms with Gasteiger partial charge in [-0.15, -0.1) is 0 Å². The third-order valence-electron chi connectivity index (χ3n) is 4.38. The molecule has 2 heterocycles. The zero-order chi connectivity index (χ0) is 13.6. The SMILES string of the molecule is CNC1CC2CCC(C1)N2c1c(Cl)cc(Br)cc1Cl. The van der Waals surface area contributed by atoms with Gasteiger partial charge in [0.15, 0.2) is 0 Å². The molecule has 2 atom stereocenters. The molecule has 0 aliphatic carbocycles. The van der Waals surface area contributed by atoms with E-state index in [0.29, 0.717) is 18.1 Å². The van der Waals surface area contributed by atoms with Gasteiger partial charge >= 0.3 is 0 Å². The van der Waals surface area contributed by atoms with E-state index >= 15 is 0 Å². The van der Waals surface area contributed by atoms with Crippen LogP contribution in [0.5, 0.6) is 0 Å². The number of nitrogens with zero attached hydrogens (tertiary/aromatic N) is 1. The molecule has 1 aromatic carbocycles. The molecule has 0 spiro atoms. The number of halogens is 3. The summed E-state index contributed by atoms with van der Waals surface area (Å²) in [5, 5.41) is 4.91. The summed E-state index contributed by atoms with van der Waals surface area (Å²) in [6.07, 6.45) is 4.84. The van der Waals surface area contributed by atoms with Crippen molar-refractivity contribution in [3.63, 3.8) is 0 Å². The van der Waals surface area contributed by atoms with Crippen molar-refractivity contribution in [2.45, 2.75) is 43.8 Å². The Morgan fingerprint density at radius 2 is 1.68 bits per heavy atom. The van der Waals surface area contributed by atoms with E-state index in [-0.39, 0.29) is 0 Å². The number of fused-ring (bicyclic) bond motifs is 2. The Bertz CT molecular complexity index is 457. The Labute approximate surface area is 132 Å². The highest BCUT2D eigenvalue weighted by molar-refractivity contribution is 9.10. The average Bonchev–Trinajstić information content (AvgIpc) is 2.60. The quantitative estimate of drug-likeness (QED) is 0.833. The molecule has 19 heavy (non-hydrogen) atoms. The largest absolute Gasteiger partial charge is 0.363 e. The van der Waals surface area contributed by atoms with Crippen LogP contribution < -0.4 is 10.2 Å². The van der Waals surface area contributed by atoms with Gasteiger partial charge in [-0.2, -0.15) is 0 Å². The first kappa shape index (κ1) is 14.0. The van der Waals surface area contributed by atoms with E-state index in [4.69, 9.17) is 23.2 Å². The monoisotopic (exact) mass is 362 g/mol. The van der Waals surface area contributed by atoms with Crippen LogP contribution in [0, 0.1) is 0 Å². The lowest BCUT2D eigenvalue weighted by molar-refractivity contribution is 0.374. The topological polar surface area (TPSA) is 15.3 Å². The van der Waals surface area contributed by atoms with Gasteiger partial charge in [-0.1, -0.05) is 39.1 Å². The summed E-state index contributed by atoms with van der Waals surface area (Å²) in [6.45, 7) is 0. The second-order valence-corrected chi connectivity index (χ2v) is 7.20. The zero-order valence-corrected chi connectivity index (χ0v) is 13.9. The zero-order valence-electron chi connectivity index (χ0n) is 10.8. The summed E-state index contributed by atoms with van der Waals surface area (Å²) >= 11 is 16.3. The van der Waals surface area contributed by atoms with Crippen molar-refractivity contribution < 1.29 is 0 Å². The first-order valence-corrected chi connectivity index (χ1v) is 8.25. The van der Waals surface area contributed by atoms with E-state index in [0.717, 1.165) is 20.2 Å². The van der Waals surface area contributed by atoms with Crippen LogP contribution in [0.3, 0.4) is 0 Å². The molecule has 2 saturated heterocycles. The molecule has 2 aliphatic heterocycles. The Kier molecular flexibility index (Phi) is 4.01. The minimum Gasteiger partial charge on any atom is -0.363 e. The van der Waals surface area contributed by atoms with Gasteiger partial charge in [-0.3, -0.25) is 0 Å². The van der Waals surface area contributed by atoms with Gasteiger partial charge in [0.05, 0.1) is 15.7 Å². The van der Waals surface area contributed by atoms with E-state index in [1.165, 1.54) is 25.7 Å². The van der Waals surface area contributed by atoms with Gasteiger partial charge in [0.2, 0.25) is 0 Å². The number of hydrogen-bond donors (Lipinski definition) is 1. The maximum atomic E-state index is 6.43. The van der Waals surface area contributed by atoms with Gasteiger partial charge in [-0.25, -0.2) is 0 Å². The highest BCUT2D eigenvalue weighted by atomic mass is 79.9. The molecule has 0 amide bonds. The van der Waals surface area contributed by atoms with Crippen molar-refractivity contribution >= 4 is 44.8 Å². The van der Waals surface area contributed by atoms with Crippen molar-refractivity contribution in [1.82, 2.24) is 5.32 Å². The number of anilines is 1. The van der Waals surface area contributed by atoms with Crippen LogP contribution in [0.4, 0.5) is 5.69 Å². The highest BCUT2D eigenvalue weighted by Gasteiger charge is 2.41. The molecule has 0 aromatic heterocycles. The Balaban J connectivity index is 1.96. The number of hydrogen-bond acceptors (Lipinski definition) is 2. The predicted molar refractivity (Wildman–Crippen MR) is 85.5 cm³/mol. The van der Waals surface area contributed by atoms with E-state index in [2.05, 4.69) is 33.2 Å². The second kappa shape index (κ2) is 5.44. The van der Waals surface area contributed by atoms with E-state index in [1.807, 2.05) is 12.1 Å². The van der Waals surface area contributed by atoms with Crippen molar-refractivity contribution in [2.24, 2.45) is 0 Å². The van der Waals surface area contributed by atoms with Gasteiger partial charge in [0, 0.05) is 22.6 Å². The van der Waals surface area contributed by atoms with Gasteiger partial charge < -0.3 is 10.2 Å². The normalized spacial score (nSPS) is 29.9. The minimum atomic E-state index is 0.562. The van der Waals surface area contributed by atoms with Crippen molar-refractivity contribution in [1.29, 1.82) is 0 Å². The summed E-state index contributed by atoms with van der Waals surface area (Å²) in [4.78, 5) is 2.46. The average molecular weight is 364 g/mol. The predicted octanol–water partition coefficient (Wildman–Crippen LogP) is 4.48. The molecule has 2 nitrogen and oxygen atoms in total. The van der Waals surface area contributed by atoms with Gasteiger partial charge in [0.25, 0.3) is 0 Å². The fourth-order valence-corrected chi connectivity index (χ4v) is 4.96. The molecule has 1 N–H and O–H groups in total. The molecule has 5 heteroatoms.